The molecule has 0 radical (unpaired) electrons. The van der Waals surface area contributed by atoms with E-state index in [4.69, 9.17) is 20.5 Å². The molecule has 3 heterocycles. The molecule has 0 amide bonds. The fourth-order valence-electron chi connectivity index (χ4n) is 3.26. The highest BCUT2D eigenvalue weighted by Crippen LogP contribution is 2.25. The van der Waals surface area contributed by atoms with Crippen LogP contribution in [0.2, 0.25) is 5.02 Å². The molecule has 2 aromatic carbocycles. The SMILES string of the molecule is Cc1nc2c(-c3noc(CCn4c(=O)oc5cc(Cl)ccc54)n3)cccc2[nH]1. The maximum atomic E-state index is 12.1. The monoisotopic (exact) mass is 395 g/mol. The number of hydrogen-bond donors (Lipinski definition) is 1. The van der Waals surface area contributed by atoms with E-state index in [0.717, 1.165) is 22.4 Å². The molecular weight excluding hydrogens is 382 g/mol. The Morgan fingerprint density at radius 3 is 3.00 bits per heavy atom. The average molecular weight is 396 g/mol. The first-order chi connectivity index (χ1) is 13.6. The zero-order chi connectivity index (χ0) is 19.3. The Kier molecular flexibility index (Phi) is 3.80. The standard InChI is InChI=1S/C19H14ClN5O3/c1-10-21-13-4-2-3-12(17(13)22-10)18-23-16(28-24-18)7-8-25-14-6-5-11(20)9-15(14)27-19(25)26/h2-6,9H,7-8H2,1H3,(H,21,22). The van der Waals surface area contributed by atoms with Crippen LogP contribution in [0.5, 0.6) is 0 Å². The molecule has 0 saturated carbocycles. The average Bonchev–Trinajstić information content (AvgIpc) is 3.35. The van der Waals surface area contributed by atoms with Crippen molar-refractivity contribution in [1.29, 1.82) is 0 Å². The van der Waals surface area contributed by atoms with E-state index in [2.05, 4.69) is 20.1 Å². The van der Waals surface area contributed by atoms with Gasteiger partial charge >= 0.3 is 5.76 Å². The fourth-order valence-corrected chi connectivity index (χ4v) is 3.42. The molecule has 0 saturated heterocycles. The van der Waals surface area contributed by atoms with Gasteiger partial charge in [-0.2, -0.15) is 4.98 Å². The molecule has 140 valence electrons. The van der Waals surface area contributed by atoms with Crippen molar-refractivity contribution in [2.45, 2.75) is 19.9 Å². The Morgan fingerprint density at radius 1 is 1.21 bits per heavy atom. The van der Waals surface area contributed by atoms with Gasteiger partial charge < -0.3 is 13.9 Å². The number of nitrogens with one attached hydrogen (secondary N) is 1. The summed E-state index contributed by atoms with van der Waals surface area (Å²) in [6.07, 6.45) is 0.389. The highest BCUT2D eigenvalue weighted by atomic mass is 35.5. The van der Waals surface area contributed by atoms with E-state index in [1.807, 2.05) is 25.1 Å². The summed E-state index contributed by atoms with van der Waals surface area (Å²) in [6.45, 7) is 2.24. The van der Waals surface area contributed by atoms with E-state index in [1.54, 1.807) is 18.2 Å². The van der Waals surface area contributed by atoms with E-state index in [-0.39, 0.29) is 0 Å². The number of oxazole rings is 1. The van der Waals surface area contributed by atoms with Crippen molar-refractivity contribution in [3.05, 3.63) is 63.7 Å². The number of para-hydroxylation sites is 1. The molecule has 0 fully saturated rings. The summed E-state index contributed by atoms with van der Waals surface area (Å²) in [4.78, 5) is 24.3. The number of nitrogens with zero attached hydrogens (tertiary/aromatic N) is 4. The molecule has 0 atom stereocenters. The Morgan fingerprint density at radius 2 is 2.11 bits per heavy atom. The molecule has 0 bridgehead atoms. The number of aryl methyl sites for hydroxylation is 3. The smallest absolute Gasteiger partial charge is 0.408 e. The minimum absolute atomic E-state index is 0.348. The molecule has 8 nitrogen and oxygen atoms in total. The molecule has 5 aromatic rings. The Bertz CT molecular complexity index is 1380. The number of halogens is 1. The third kappa shape index (κ3) is 2.78. The van der Waals surface area contributed by atoms with Crippen LogP contribution < -0.4 is 5.76 Å². The second-order valence-corrected chi connectivity index (χ2v) is 6.85. The zero-order valence-corrected chi connectivity index (χ0v) is 15.5. The molecule has 3 aromatic heterocycles. The van der Waals surface area contributed by atoms with Gasteiger partial charge in [0.1, 0.15) is 5.82 Å². The molecule has 0 aliphatic rings. The maximum absolute atomic E-state index is 12.1. The van der Waals surface area contributed by atoms with Gasteiger partial charge in [-0.15, -0.1) is 0 Å². The maximum Gasteiger partial charge on any atom is 0.419 e. The van der Waals surface area contributed by atoms with Gasteiger partial charge in [0, 0.05) is 24.1 Å². The normalized spacial score (nSPS) is 11.6. The van der Waals surface area contributed by atoms with Gasteiger partial charge in [-0.3, -0.25) is 4.57 Å². The molecule has 0 aliphatic heterocycles. The molecule has 9 heteroatoms. The van der Waals surface area contributed by atoms with Crippen molar-refractivity contribution in [2.75, 3.05) is 0 Å². The summed E-state index contributed by atoms with van der Waals surface area (Å²) in [5.74, 6) is 1.25. The largest absolute Gasteiger partial charge is 0.419 e. The predicted octanol–water partition coefficient (Wildman–Crippen LogP) is 3.73. The molecule has 1 N–H and O–H groups in total. The van der Waals surface area contributed by atoms with Crippen molar-refractivity contribution in [3.8, 4) is 11.4 Å². The van der Waals surface area contributed by atoms with Gasteiger partial charge in [0.15, 0.2) is 5.58 Å². The van der Waals surface area contributed by atoms with Gasteiger partial charge in [0.25, 0.3) is 0 Å². The molecule has 0 unspecified atom stereocenters. The lowest BCUT2D eigenvalue weighted by Gasteiger charge is -1.99. The number of benzene rings is 2. The second-order valence-electron chi connectivity index (χ2n) is 6.42. The fraction of sp³-hybridized carbons (Fsp3) is 0.158. The lowest BCUT2D eigenvalue weighted by Crippen LogP contribution is -2.15. The highest BCUT2D eigenvalue weighted by Gasteiger charge is 2.15. The van der Waals surface area contributed by atoms with Crippen molar-refractivity contribution >= 4 is 33.7 Å². The lowest BCUT2D eigenvalue weighted by atomic mass is 10.2. The van der Waals surface area contributed by atoms with Crippen LogP contribution in [0.15, 0.2) is 50.1 Å². The summed E-state index contributed by atoms with van der Waals surface area (Å²) in [5.41, 5.74) is 3.62. The summed E-state index contributed by atoms with van der Waals surface area (Å²) >= 11 is 5.95. The molecular formula is C19H14ClN5O3. The van der Waals surface area contributed by atoms with Gasteiger partial charge in [0.05, 0.1) is 22.1 Å². The van der Waals surface area contributed by atoms with Crippen molar-refractivity contribution in [1.82, 2.24) is 24.7 Å². The number of fused-ring (bicyclic) bond motifs is 2. The first-order valence-electron chi connectivity index (χ1n) is 8.66. The molecule has 5 rings (SSSR count). The number of aromatic nitrogens is 5. The quantitative estimate of drug-likeness (QED) is 0.497. The van der Waals surface area contributed by atoms with Crippen LogP contribution in [0.1, 0.15) is 11.7 Å². The van der Waals surface area contributed by atoms with Crippen LogP contribution in [-0.4, -0.2) is 24.7 Å². The zero-order valence-electron chi connectivity index (χ0n) is 14.8. The van der Waals surface area contributed by atoms with Gasteiger partial charge in [-0.25, -0.2) is 9.78 Å². The van der Waals surface area contributed by atoms with Crippen LogP contribution >= 0.6 is 11.6 Å². The third-order valence-corrected chi connectivity index (χ3v) is 4.75. The van der Waals surface area contributed by atoms with Gasteiger partial charge in [-0.05, 0) is 31.2 Å². The van der Waals surface area contributed by atoms with Crippen LogP contribution in [0.3, 0.4) is 0 Å². The van der Waals surface area contributed by atoms with E-state index >= 15 is 0 Å². The first-order valence-corrected chi connectivity index (χ1v) is 9.03. The number of imidazole rings is 1. The minimum atomic E-state index is -0.450. The Hall–Kier alpha value is -3.39. The van der Waals surface area contributed by atoms with Crippen molar-refractivity contribution in [2.24, 2.45) is 0 Å². The van der Waals surface area contributed by atoms with Gasteiger partial charge in [0.2, 0.25) is 11.7 Å². The number of H-pyrrole nitrogens is 1. The highest BCUT2D eigenvalue weighted by molar-refractivity contribution is 6.31. The topological polar surface area (TPSA) is 103 Å². The summed E-state index contributed by atoms with van der Waals surface area (Å²) in [7, 11) is 0. The molecule has 0 aliphatic carbocycles. The summed E-state index contributed by atoms with van der Waals surface area (Å²) in [6, 6.07) is 10.8. The number of rotatable bonds is 4. The summed E-state index contributed by atoms with van der Waals surface area (Å²) < 4.78 is 12.1. The lowest BCUT2D eigenvalue weighted by molar-refractivity contribution is 0.370. The van der Waals surface area contributed by atoms with Gasteiger partial charge in [-0.1, -0.05) is 22.8 Å². The first kappa shape index (κ1) is 16.8. The number of hydrogen-bond acceptors (Lipinski definition) is 6. The van der Waals surface area contributed by atoms with Crippen LogP contribution in [-0.2, 0) is 13.0 Å². The molecule has 0 spiro atoms. The predicted molar refractivity (Wildman–Crippen MR) is 103 cm³/mol. The van der Waals surface area contributed by atoms with Crippen molar-refractivity contribution in [3.63, 3.8) is 0 Å². The van der Waals surface area contributed by atoms with E-state index < -0.39 is 5.76 Å². The van der Waals surface area contributed by atoms with Crippen molar-refractivity contribution < 1.29 is 8.94 Å². The van der Waals surface area contributed by atoms with E-state index in [1.165, 1.54) is 4.57 Å². The summed E-state index contributed by atoms with van der Waals surface area (Å²) in [5, 5.41) is 4.59. The van der Waals surface area contributed by atoms with E-state index in [9.17, 15) is 4.79 Å². The second kappa shape index (κ2) is 6.35. The third-order valence-electron chi connectivity index (χ3n) is 4.52. The molecule has 28 heavy (non-hydrogen) atoms. The minimum Gasteiger partial charge on any atom is -0.408 e. The Balaban J connectivity index is 1.43. The number of aromatic amines is 1. The Labute approximate surface area is 162 Å². The van der Waals surface area contributed by atoms with E-state index in [0.29, 0.717) is 40.8 Å². The van der Waals surface area contributed by atoms with Crippen LogP contribution in [0, 0.1) is 6.92 Å². The van der Waals surface area contributed by atoms with Crippen LogP contribution in [0.25, 0.3) is 33.5 Å². The van der Waals surface area contributed by atoms with Crippen LogP contribution in [0.4, 0.5) is 0 Å².